The summed E-state index contributed by atoms with van der Waals surface area (Å²) in [5, 5.41) is 0. The highest BCUT2D eigenvalue weighted by molar-refractivity contribution is 5.95. The monoisotopic (exact) mass is 299 g/mol. The fourth-order valence-corrected chi connectivity index (χ4v) is 3.07. The van der Waals surface area contributed by atoms with Crippen molar-refractivity contribution in [1.29, 1.82) is 0 Å². The number of rotatable bonds is 4. The van der Waals surface area contributed by atoms with Gasteiger partial charge in [0.05, 0.1) is 24.5 Å². The second-order valence-corrected chi connectivity index (χ2v) is 5.55. The van der Waals surface area contributed by atoms with Crippen LogP contribution < -0.4 is 4.74 Å². The Balaban J connectivity index is 1.81. The second-order valence-electron chi connectivity index (χ2n) is 5.55. The summed E-state index contributed by atoms with van der Waals surface area (Å²) in [7, 11) is 0. The molecule has 1 unspecified atom stereocenters. The predicted octanol–water partition coefficient (Wildman–Crippen LogP) is 3.96. The molecule has 0 aliphatic carbocycles. The first kappa shape index (κ1) is 14.7. The van der Waals surface area contributed by atoms with Crippen molar-refractivity contribution in [3.63, 3.8) is 0 Å². The number of amides is 1. The van der Waals surface area contributed by atoms with Crippen molar-refractivity contribution in [2.45, 2.75) is 32.7 Å². The van der Waals surface area contributed by atoms with Crippen molar-refractivity contribution < 1.29 is 13.9 Å². The van der Waals surface area contributed by atoms with Gasteiger partial charge in [-0.05, 0) is 50.5 Å². The van der Waals surface area contributed by atoms with E-state index < -0.39 is 0 Å². The Morgan fingerprint density at radius 2 is 2.09 bits per heavy atom. The van der Waals surface area contributed by atoms with E-state index in [1.807, 2.05) is 30.9 Å². The Labute approximate surface area is 130 Å². The van der Waals surface area contributed by atoms with Gasteiger partial charge in [-0.25, -0.2) is 0 Å². The van der Waals surface area contributed by atoms with Gasteiger partial charge < -0.3 is 14.1 Å². The van der Waals surface area contributed by atoms with Crippen LogP contribution in [0, 0.1) is 6.92 Å². The molecule has 22 heavy (non-hydrogen) atoms. The third-order valence-electron chi connectivity index (χ3n) is 4.18. The minimum atomic E-state index is 0.0580. The standard InChI is InChI=1S/C18H21NO3/c1-3-21-15-8-6-14(7-9-15)17-5-4-11-19(17)18(20)16-10-12-22-13(16)2/h6-10,12,17H,3-5,11H2,1-2H3. The SMILES string of the molecule is CCOc1ccc(C2CCCN2C(=O)c2ccoc2C)cc1. The van der Waals surface area contributed by atoms with Crippen LogP contribution in [0.15, 0.2) is 41.0 Å². The van der Waals surface area contributed by atoms with E-state index in [1.165, 1.54) is 0 Å². The second kappa shape index (κ2) is 6.26. The minimum Gasteiger partial charge on any atom is -0.494 e. The number of benzene rings is 1. The molecule has 1 saturated heterocycles. The van der Waals surface area contributed by atoms with Crippen molar-refractivity contribution in [2.75, 3.05) is 13.2 Å². The van der Waals surface area contributed by atoms with Crippen molar-refractivity contribution in [1.82, 2.24) is 4.90 Å². The fourth-order valence-electron chi connectivity index (χ4n) is 3.07. The Morgan fingerprint density at radius 1 is 1.32 bits per heavy atom. The molecule has 0 radical (unpaired) electrons. The van der Waals surface area contributed by atoms with Crippen molar-refractivity contribution >= 4 is 5.91 Å². The molecule has 0 N–H and O–H groups in total. The van der Waals surface area contributed by atoms with Crippen LogP contribution in [0.5, 0.6) is 5.75 Å². The maximum Gasteiger partial charge on any atom is 0.257 e. The molecule has 4 heteroatoms. The van der Waals surface area contributed by atoms with Gasteiger partial charge in [0, 0.05) is 6.54 Å². The molecule has 1 aromatic carbocycles. The summed E-state index contributed by atoms with van der Waals surface area (Å²) in [4.78, 5) is 14.7. The summed E-state index contributed by atoms with van der Waals surface area (Å²) in [5.74, 6) is 1.61. The highest BCUT2D eigenvalue weighted by Gasteiger charge is 2.31. The van der Waals surface area contributed by atoms with Crippen molar-refractivity contribution in [3.05, 3.63) is 53.5 Å². The van der Waals surface area contributed by atoms with Gasteiger partial charge in [0.2, 0.25) is 0 Å². The summed E-state index contributed by atoms with van der Waals surface area (Å²) >= 11 is 0. The first-order valence-electron chi connectivity index (χ1n) is 7.78. The summed E-state index contributed by atoms with van der Waals surface area (Å²) in [6, 6.07) is 9.96. The predicted molar refractivity (Wildman–Crippen MR) is 84.1 cm³/mol. The lowest BCUT2D eigenvalue weighted by molar-refractivity contribution is 0.0734. The Bertz CT molecular complexity index is 645. The van der Waals surface area contributed by atoms with Gasteiger partial charge in [0.15, 0.2) is 0 Å². The molecular weight excluding hydrogens is 278 g/mol. The maximum absolute atomic E-state index is 12.7. The number of hydrogen-bond acceptors (Lipinski definition) is 3. The molecule has 4 nitrogen and oxygen atoms in total. The van der Waals surface area contributed by atoms with Crippen molar-refractivity contribution in [2.24, 2.45) is 0 Å². The number of carbonyl (C=O) groups is 1. The number of hydrogen-bond donors (Lipinski definition) is 0. The van der Waals surface area contributed by atoms with Gasteiger partial charge >= 0.3 is 0 Å². The van der Waals surface area contributed by atoms with Gasteiger partial charge in [-0.2, -0.15) is 0 Å². The van der Waals surface area contributed by atoms with Crippen molar-refractivity contribution in [3.8, 4) is 5.75 Å². The van der Waals surface area contributed by atoms with Gasteiger partial charge in [-0.1, -0.05) is 12.1 Å². The van der Waals surface area contributed by atoms with Crippen LogP contribution in [0.4, 0.5) is 0 Å². The summed E-state index contributed by atoms with van der Waals surface area (Å²) < 4.78 is 10.7. The largest absolute Gasteiger partial charge is 0.494 e. The topological polar surface area (TPSA) is 42.7 Å². The molecule has 1 aromatic heterocycles. The number of furan rings is 1. The van der Waals surface area contributed by atoms with Gasteiger partial charge in [-0.3, -0.25) is 4.79 Å². The lowest BCUT2D eigenvalue weighted by Crippen LogP contribution is -2.30. The molecule has 1 amide bonds. The maximum atomic E-state index is 12.7. The summed E-state index contributed by atoms with van der Waals surface area (Å²) in [6.45, 7) is 5.25. The quantitative estimate of drug-likeness (QED) is 0.858. The molecule has 0 bridgehead atoms. The first-order valence-corrected chi connectivity index (χ1v) is 7.78. The summed E-state index contributed by atoms with van der Waals surface area (Å²) in [5.41, 5.74) is 1.83. The summed E-state index contributed by atoms with van der Waals surface area (Å²) in [6.07, 6.45) is 3.60. The lowest BCUT2D eigenvalue weighted by Gasteiger charge is -2.25. The first-order chi connectivity index (χ1) is 10.7. The average molecular weight is 299 g/mol. The Kier molecular flexibility index (Phi) is 4.18. The van der Waals surface area contributed by atoms with E-state index in [0.717, 1.165) is 30.7 Å². The van der Waals surface area contributed by atoms with Crippen LogP contribution in [0.1, 0.15) is 47.5 Å². The van der Waals surface area contributed by atoms with Gasteiger partial charge in [0.1, 0.15) is 11.5 Å². The Morgan fingerprint density at radius 3 is 2.73 bits per heavy atom. The molecule has 2 heterocycles. The number of carbonyl (C=O) groups excluding carboxylic acids is 1. The molecule has 1 fully saturated rings. The zero-order valence-electron chi connectivity index (χ0n) is 13.0. The van der Waals surface area contributed by atoms with Crippen LogP contribution in [-0.2, 0) is 0 Å². The van der Waals surface area contributed by atoms with Crippen LogP contribution in [0.2, 0.25) is 0 Å². The highest BCUT2D eigenvalue weighted by Crippen LogP contribution is 2.34. The molecule has 1 aliphatic heterocycles. The van der Waals surface area contributed by atoms with E-state index in [2.05, 4.69) is 12.1 Å². The van der Waals surface area contributed by atoms with E-state index in [9.17, 15) is 4.79 Å². The number of aryl methyl sites for hydroxylation is 1. The van der Waals surface area contributed by atoms with E-state index in [1.54, 1.807) is 12.3 Å². The van der Waals surface area contributed by atoms with E-state index in [-0.39, 0.29) is 11.9 Å². The fraction of sp³-hybridized carbons (Fsp3) is 0.389. The Hall–Kier alpha value is -2.23. The smallest absolute Gasteiger partial charge is 0.257 e. The third kappa shape index (κ3) is 2.73. The number of likely N-dealkylation sites (tertiary alicyclic amines) is 1. The molecular formula is C18H21NO3. The molecule has 0 saturated carbocycles. The van der Waals surface area contributed by atoms with E-state index >= 15 is 0 Å². The zero-order valence-corrected chi connectivity index (χ0v) is 13.0. The minimum absolute atomic E-state index is 0.0580. The lowest BCUT2D eigenvalue weighted by atomic mass is 10.0. The van der Waals surface area contributed by atoms with Crippen LogP contribution in [0.25, 0.3) is 0 Å². The molecule has 3 rings (SSSR count). The molecule has 116 valence electrons. The molecule has 2 aromatic rings. The number of ether oxygens (including phenoxy) is 1. The third-order valence-corrected chi connectivity index (χ3v) is 4.18. The highest BCUT2D eigenvalue weighted by atomic mass is 16.5. The molecule has 1 aliphatic rings. The normalized spacial score (nSPS) is 17.7. The van der Waals surface area contributed by atoms with E-state index in [0.29, 0.717) is 17.9 Å². The van der Waals surface area contributed by atoms with Crippen LogP contribution >= 0.6 is 0 Å². The van der Waals surface area contributed by atoms with E-state index in [4.69, 9.17) is 9.15 Å². The molecule has 1 atom stereocenters. The van der Waals surface area contributed by atoms with Crippen LogP contribution in [-0.4, -0.2) is 24.0 Å². The van der Waals surface area contributed by atoms with Gasteiger partial charge in [-0.15, -0.1) is 0 Å². The van der Waals surface area contributed by atoms with Crippen LogP contribution in [0.3, 0.4) is 0 Å². The van der Waals surface area contributed by atoms with Gasteiger partial charge in [0.25, 0.3) is 5.91 Å². The average Bonchev–Trinajstić information content (AvgIpc) is 3.16. The number of nitrogens with zero attached hydrogens (tertiary/aromatic N) is 1. The zero-order chi connectivity index (χ0) is 15.5. The molecule has 0 spiro atoms.